The second-order valence-electron chi connectivity index (χ2n) is 7.11. The van der Waals surface area contributed by atoms with Gasteiger partial charge in [-0.25, -0.2) is 0 Å². The van der Waals surface area contributed by atoms with Crippen LogP contribution in [0.3, 0.4) is 0 Å². The number of benzene rings is 1. The lowest BCUT2D eigenvalue weighted by Gasteiger charge is -2.13. The van der Waals surface area contributed by atoms with Crippen molar-refractivity contribution >= 4 is 0 Å². The highest BCUT2D eigenvalue weighted by molar-refractivity contribution is 5.49. The molecular weight excluding hydrogens is 296 g/mol. The molecule has 2 heteroatoms. The van der Waals surface area contributed by atoms with E-state index < -0.39 is 0 Å². The van der Waals surface area contributed by atoms with Gasteiger partial charge in [0.1, 0.15) is 0 Å². The molecule has 1 rings (SSSR count). The summed E-state index contributed by atoms with van der Waals surface area (Å²) in [6.45, 7) is 4.48. The summed E-state index contributed by atoms with van der Waals surface area (Å²) in [6, 6.07) is 3.65. The third-order valence-corrected chi connectivity index (χ3v) is 4.94. The lowest BCUT2D eigenvalue weighted by atomic mass is 9.95. The van der Waals surface area contributed by atoms with Crippen molar-refractivity contribution in [2.24, 2.45) is 0 Å². The summed E-state index contributed by atoms with van der Waals surface area (Å²) in [5.74, 6) is 0.148. The van der Waals surface area contributed by atoms with Crippen molar-refractivity contribution in [2.75, 3.05) is 0 Å². The molecule has 0 amide bonds. The molecule has 0 saturated heterocycles. The quantitative estimate of drug-likeness (QED) is 0.287. The molecule has 0 spiro atoms. The normalized spacial score (nSPS) is 11.1. The molecule has 24 heavy (non-hydrogen) atoms. The van der Waals surface area contributed by atoms with Gasteiger partial charge < -0.3 is 10.2 Å². The highest BCUT2D eigenvalue weighted by atomic mass is 16.3. The van der Waals surface area contributed by atoms with Crippen molar-refractivity contribution in [3.8, 4) is 11.5 Å². The van der Waals surface area contributed by atoms with Gasteiger partial charge in [-0.2, -0.15) is 0 Å². The summed E-state index contributed by atoms with van der Waals surface area (Å²) < 4.78 is 0. The van der Waals surface area contributed by atoms with E-state index in [0.29, 0.717) is 0 Å². The van der Waals surface area contributed by atoms with Gasteiger partial charge in [0.05, 0.1) is 0 Å². The van der Waals surface area contributed by atoms with Crippen LogP contribution in [0.15, 0.2) is 12.1 Å². The Morgan fingerprint density at radius 1 is 0.625 bits per heavy atom. The maximum atomic E-state index is 10.2. The minimum absolute atomic E-state index is 0.0303. The second kappa shape index (κ2) is 13.1. The number of aromatic hydroxyl groups is 2. The third-order valence-electron chi connectivity index (χ3n) is 4.94. The first-order chi connectivity index (χ1) is 11.7. The summed E-state index contributed by atoms with van der Waals surface area (Å²) in [5, 5.41) is 20.1. The Morgan fingerprint density at radius 2 is 1.12 bits per heavy atom. The highest BCUT2D eigenvalue weighted by Gasteiger charge is 2.11. The smallest absolute Gasteiger partial charge is 0.160 e. The lowest BCUT2D eigenvalue weighted by Crippen LogP contribution is -1.97. The molecule has 0 saturated carbocycles. The van der Waals surface area contributed by atoms with Crippen molar-refractivity contribution in [2.45, 2.75) is 104 Å². The number of rotatable bonds is 14. The molecule has 0 radical (unpaired) electrons. The number of hydrogen-bond donors (Lipinski definition) is 2. The monoisotopic (exact) mass is 334 g/mol. The number of hydrogen-bond acceptors (Lipinski definition) is 2. The zero-order valence-corrected chi connectivity index (χ0v) is 15.9. The van der Waals surface area contributed by atoms with E-state index in [9.17, 15) is 10.2 Å². The molecule has 0 aliphatic carbocycles. The van der Waals surface area contributed by atoms with Gasteiger partial charge in [-0.15, -0.1) is 0 Å². The number of phenolic OH excluding ortho intramolecular Hbond substituents is 2. The van der Waals surface area contributed by atoms with E-state index in [1.807, 2.05) is 6.07 Å². The maximum Gasteiger partial charge on any atom is 0.160 e. The molecule has 0 aromatic heterocycles. The van der Waals surface area contributed by atoms with Crippen molar-refractivity contribution in [1.82, 2.24) is 0 Å². The Hall–Kier alpha value is -1.18. The van der Waals surface area contributed by atoms with E-state index in [1.54, 1.807) is 6.07 Å². The van der Waals surface area contributed by atoms with E-state index in [0.717, 1.165) is 24.8 Å². The SMILES string of the molecule is CCCCCCCCc1ccc(O)c(O)c1CCCCCCCC. The van der Waals surface area contributed by atoms with Crippen LogP contribution in [0.5, 0.6) is 11.5 Å². The minimum atomic E-state index is 0.0303. The standard InChI is InChI=1S/C22H38O2/c1-3-5-7-9-11-13-15-19-17-18-21(23)22(24)20(19)16-14-12-10-8-6-4-2/h17-18,23-24H,3-16H2,1-2H3. The molecule has 0 atom stereocenters. The first-order valence-corrected chi connectivity index (χ1v) is 10.2. The van der Waals surface area contributed by atoms with Crippen LogP contribution < -0.4 is 0 Å². The van der Waals surface area contributed by atoms with Gasteiger partial charge in [0.25, 0.3) is 0 Å². The number of unbranched alkanes of at least 4 members (excludes halogenated alkanes) is 10. The zero-order chi connectivity index (χ0) is 17.6. The summed E-state index contributed by atoms with van der Waals surface area (Å²) in [5.41, 5.74) is 2.22. The molecular formula is C22H38O2. The molecule has 0 aliphatic heterocycles. The molecule has 0 bridgehead atoms. The van der Waals surface area contributed by atoms with E-state index in [4.69, 9.17) is 0 Å². The van der Waals surface area contributed by atoms with Gasteiger partial charge in [-0.05, 0) is 37.3 Å². The molecule has 2 N–H and O–H groups in total. The predicted molar refractivity (Wildman–Crippen MR) is 104 cm³/mol. The number of aryl methyl sites for hydroxylation is 1. The lowest BCUT2D eigenvalue weighted by molar-refractivity contribution is 0.397. The number of phenols is 2. The molecule has 0 unspecified atom stereocenters. The molecule has 0 fully saturated rings. The zero-order valence-electron chi connectivity index (χ0n) is 15.9. The van der Waals surface area contributed by atoms with E-state index in [2.05, 4.69) is 13.8 Å². The van der Waals surface area contributed by atoms with Crippen LogP contribution in [0, 0.1) is 0 Å². The second-order valence-corrected chi connectivity index (χ2v) is 7.11. The average Bonchev–Trinajstić information content (AvgIpc) is 2.59. The van der Waals surface area contributed by atoms with Crippen LogP contribution in [0.2, 0.25) is 0 Å². The Morgan fingerprint density at radius 3 is 1.71 bits per heavy atom. The Balaban J connectivity index is 2.44. The van der Waals surface area contributed by atoms with Crippen LogP contribution in [0.4, 0.5) is 0 Å². The topological polar surface area (TPSA) is 40.5 Å². The van der Waals surface area contributed by atoms with Gasteiger partial charge >= 0.3 is 0 Å². The molecule has 2 nitrogen and oxygen atoms in total. The van der Waals surface area contributed by atoms with E-state index in [-0.39, 0.29) is 11.5 Å². The molecule has 0 heterocycles. The summed E-state index contributed by atoms with van der Waals surface area (Å²) in [4.78, 5) is 0. The fourth-order valence-corrected chi connectivity index (χ4v) is 3.36. The van der Waals surface area contributed by atoms with E-state index in [1.165, 1.54) is 76.2 Å². The highest BCUT2D eigenvalue weighted by Crippen LogP contribution is 2.33. The van der Waals surface area contributed by atoms with E-state index >= 15 is 0 Å². The van der Waals surface area contributed by atoms with Crippen molar-refractivity contribution in [3.05, 3.63) is 23.3 Å². The summed E-state index contributed by atoms with van der Waals surface area (Å²) in [7, 11) is 0. The third kappa shape index (κ3) is 8.08. The van der Waals surface area contributed by atoms with Crippen LogP contribution in [-0.4, -0.2) is 10.2 Å². The molecule has 0 aliphatic rings. The van der Waals surface area contributed by atoms with Gasteiger partial charge in [0.2, 0.25) is 0 Å². The predicted octanol–water partition coefficient (Wildman–Crippen LogP) is 6.90. The summed E-state index contributed by atoms with van der Waals surface area (Å²) in [6.07, 6.45) is 17.1. The summed E-state index contributed by atoms with van der Waals surface area (Å²) >= 11 is 0. The fourth-order valence-electron chi connectivity index (χ4n) is 3.36. The molecule has 1 aromatic carbocycles. The Labute approximate surface area is 149 Å². The van der Waals surface area contributed by atoms with Crippen molar-refractivity contribution < 1.29 is 10.2 Å². The Bertz CT molecular complexity index is 440. The fraction of sp³-hybridized carbons (Fsp3) is 0.727. The van der Waals surface area contributed by atoms with Crippen molar-refractivity contribution in [1.29, 1.82) is 0 Å². The van der Waals surface area contributed by atoms with Crippen molar-refractivity contribution in [3.63, 3.8) is 0 Å². The van der Waals surface area contributed by atoms with Gasteiger partial charge in [-0.1, -0.05) is 84.1 Å². The first kappa shape index (κ1) is 20.9. The average molecular weight is 335 g/mol. The minimum Gasteiger partial charge on any atom is -0.504 e. The molecule has 1 aromatic rings. The van der Waals surface area contributed by atoms with Gasteiger partial charge in [0.15, 0.2) is 11.5 Å². The molecule has 138 valence electrons. The Kier molecular flexibility index (Phi) is 11.4. The first-order valence-electron chi connectivity index (χ1n) is 10.2. The van der Waals surface area contributed by atoms with Crippen LogP contribution in [-0.2, 0) is 12.8 Å². The maximum absolute atomic E-state index is 10.2. The van der Waals surface area contributed by atoms with Crippen LogP contribution >= 0.6 is 0 Å². The largest absolute Gasteiger partial charge is 0.504 e. The van der Waals surface area contributed by atoms with Crippen LogP contribution in [0.1, 0.15) is 102 Å². The van der Waals surface area contributed by atoms with Gasteiger partial charge in [-0.3, -0.25) is 0 Å². The van der Waals surface area contributed by atoms with Crippen LogP contribution in [0.25, 0.3) is 0 Å². The van der Waals surface area contributed by atoms with Gasteiger partial charge in [0, 0.05) is 5.56 Å².